The van der Waals surface area contributed by atoms with Crippen molar-refractivity contribution in [2.75, 3.05) is 13.7 Å². The molecule has 4 rings (SSSR count). The molecule has 0 aliphatic heterocycles. The van der Waals surface area contributed by atoms with Gasteiger partial charge in [-0.3, -0.25) is 9.59 Å². The van der Waals surface area contributed by atoms with E-state index in [1.807, 2.05) is 12.1 Å². The number of likely N-dealkylation sites (N-methyl/N-ethyl adjacent to an activating group) is 1. The molecule has 0 fully saturated rings. The van der Waals surface area contributed by atoms with Crippen molar-refractivity contribution in [2.45, 2.75) is 31.7 Å². The zero-order valence-corrected chi connectivity index (χ0v) is 16.7. The molecule has 0 radical (unpaired) electrons. The molecule has 2 aromatic carbocycles. The Morgan fingerprint density at radius 3 is 2.77 bits per heavy atom. The van der Waals surface area contributed by atoms with E-state index in [9.17, 15) is 14.0 Å². The molecule has 6 nitrogen and oxygen atoms in total. The van der Waals surface area contributed by atoms with Crippen molar-refractivity contribution in [3.05, 3.63) is 65.2 Å². The van der Waals surface area contributed by atoms with Gasteiger partial charge in [0.1, 0.15) is 29.0 Å². The molecule has 156 valence electrons. The summed E-state index contributed by atoms with van der Waals surface area (Å²) in [4.78, 5) is 25.8. The molecule has 30 heavy (non-hydrogen) atoms. The number of furan rings is 1. The lowest BCUT2D eigenvalue weighted by Crippen LogP contribution is -2.41. The van der Waals surface area contributed by atoms with Gasteiger partial charge >= 0.3 is 0 Å². The number of fused-ring (bicyclic) bond motifs is 3. The molecular formula is C23H23FN2O4. The lowest BCUT2D eigenvalue weighted by Gasteiger charge is -2.26. The summed E-state index contributed by atoms with van der Waals surface area (Å²) in [5.74, 6) is -0.128. The minimum Gasteiger partial charge on any atom is -0.484 e. The van der Waals surface area contributed by atoms with E-state index in [0.717, 1.165) is 42.4 Å². The highest BCUT2D eigenvalue weighted by molar-refractivity contribution is 5.88. The topological polar surface area (TPSA) is 85.8 Å². The summed E-state index contributed by atoms with van der Waals surface area (Å²) >= 11 is 0. The van der Waals surface area contributed by atoms with E-state index in [1.54, 1.807) is 12.1 Å². The first-order valence-corrected chi connectivity index (χ1v) is 9.91. The van der Waals surface area contributed by atoms with Crippen molar-refractivity contribution in [1.29, 1.82) is 0 Å². The lowest BCUT2D eigenvalue weighted by molar-refractivity contribution is -0.139. The zero-order chi connectivity index (χ0) is 21.3. The second-order valence-corrected chi connectivity index (χ2v) is 7.52. The van der Waals surface area contributed by atoms with Crippen molar-refractivity contribution in [1.82, 2.24) is 4.90 Å². The number of nitrogens with zero attached hydrogens (tertiary/aromatic N) is 1. The van der Waals surface area contributed by atoms with Gasteiger partial charge in [0.2, 0.25) is 5.91 Å². The molecule has 0 saturated heterocycles. The highest BCUT2D eigenvalue weighted by atomic mass is 19.1. The van der Waals surface area contributed by atoms with E-state index in [1.165, 1.54) is 35.7 Å². The van der Waals surface area contributed by atoms with Gasteiger partial charge in [-0.25, -0.2) is 4.39 Å². The van der Waals surface area contributed by atoms with Gasteiger partial charge in [-0.15, -0.1) is 0 Å². The maximum atomic E-state index is 13.6. The molecular weight excluding hydrogens is 387 g/mol. The Balaban J connectivity index is 1.48. The van der Waals surface area contributed by atoms with E-state index >= 15 is 0 Å². The fourth-order valence-electron chi connectivity index (χ4n) is 3.98. The number of halogens is 1. The predicted octanol–water partition coefficient (Wildman–Crippen LogP) is 3.51. The summed E-state index contributed by atoms with van der Waals surface area (Å²) in [5, 5.41) is 1.01. The van der Waals surface area contributed by atoms with Gasteiger partial charge in [0.05, 0.1) is 0 Å². The van der Waals surface area contributed by atoms with Crippen LogP contribution in [0.1, 0.15) is 35.8 Å². The third kappa shape index (κ3) is 3.87. The van der Waals surface area contributed by atoms with E-state index in [4.69, 9.17) is 14.9 Å². The Morgan fingerprint density at radius 2 is 2.00 bits per heavy atom. The number of hydrogen-bond acceptors (Lipinski definition) is 4. The summed E-state index contributed by atoms with van der Waals surface area (Å²) < 4.78 is 25.2. The minimum absolute atomic E-state index is 0.277. The van der Waals surface area contributed by atoms with Crippen LogP contribution in [0.3, 0.4) is 0 Å². The van der Waals surface area contributed by atoms with Gasteiger partial charge in [0.15, 0.2) is 6.61 Å². The van der Waals surface area contributed by atoms with Crippen molar-refractivity contribution >= 4 is 22.8 Å². The first-order chi connectivity index (χ1) is 14.4. The third-order valence-corrected chi connectivity index (χ3v) is 5.50. The average Bonchev–Trinajstić information content (AvgIpc) is 3.10. The molecule has 0 saturated carbocycles. The highest BCUT2D eigenvalue weighted by Crippen LogP contribution is 2.34. The zero-order valence-electron chi connectivity index (χ0n) is 16.7. The van der Waals surface area contributed by atoms with Crippen LogP contribution in [0, 0.1) is 5.82 Å². The predicted molar refractivity (Wildman–Crippen MR) is 109 cm³/mol. The van der Waals surface area contributed by atoms with E-state index in [2.05, 4.69) is 0 Å². The molecule has 1 aliphatic carbocycles. The Kier molecular flexibility index (Phi) is 5.44. The van der Waals surface area contributed by atoms with Gasteiger partial charge in [0.25, 0.3) is 5.91 Å². The summed E-state index contributed by atoms with van der Waals surface area (Å²) in [5.41, 5.74) is 7.81. The fourth-order valence-corrected chi connectivity index (χ4v) is 3.98. The Labute approximate surface area is 173 Å². The second kappa shape index (κ2) is 8.18. The fraction of sp³-hybridized carbons (Fsp3) is 0.304. The minimum atomic E-state index is -1.08. The van der Waals surface area contributed by atoms with Crippen molar-refractivity contribution in [3.63, 3.8) is 0 Å². The van der Waals surface area contributed by atoms with Crippen LogP contribution in [0.4, 0.5) is 4.39 Å². The van der Waals surface area contributed by atoms with Gasteiger partial charge < -0.3 is 19.8 Å². The van der Waals surface area contributed by atoms with Crippen LogP contribution >= 0.6 is 0 Å². The van der Waals surface area contributed by atoms with Crippen molar-refractivity contribution in [3.8, 4) is 5.75 Å². The first kappa shape index (κ1) is 19.9. The monoisotopic (exact) mass is 410 g/mol. The number of amides is 2. The number of hydrogen-bond donors (Lipinski definition) is 1. The molecule has 0 bridgehead atoms. The van der Waals surface area contributed by atoms with Gasteiger partial charge in [-0.05, 0) is 55.2 Å². The number of aryl methyl sites for hydroxylation is 2. The van der Waals surface area contributed by atoms with Crippen LogP contribution in [0.5, 0.6) is 5.75 Å². The second-order valence-electron chi connectivity index (χ2n) is 7.52. The number of carbonyl (C=O) groups is 2. The Morgan fingerprint density at radius 1 is 1.20 bits per heavy atom. The summed E-state index contributed by atoms with van der Waals surface area (Å²) in [6.07, 6.45) is 4.17. The summed E-state index contributed by atoms with van der Waals surface area (Å²) in [6, 6.07) is 9.87. The van der Waals surface area contributed by atoms with Crippen LogP contribution in [0.2, 0.25) is 0 Å². The van der Waals surface area contributed by atoms with Gasteiger partial charge in [-0.1, -0.05) is 12.1 Å². The number of rotatable bonds is 6. The number of ether oxygens (including phenoxy) is 1. The van der Waals surface area contributed by atoms with Gasteiger partial charge in [0, 0.05) is 24.4 Å². The number of primary amides is 1. The first-order valence-electron chi connectivity index (χ1n) is 9.91. The molecule has 2 N–H and O–H groups in total. The third-order valence-electron chi connectivity index (χ3n) is 5.50. The maximum Gasteiger partial charge on any atom is 0.261 e. The molecule has 1 heterocycles. The van der Waals surface area contributed by atoms with Gasteiger partial charge in [-0.2, -0.15) is 0 Å². The maximum absolute atomic E-state index is 13.6. The SMILES string of the molecule is CN(C(=O)COc1ccc2oc3c(c2c1)CCCC3)C(C(N)=O)c1cccc(F)c1. The quantitative estimate of drug-likeness (QED) is 0.674. The number of nitrogens with two attached hydrogens (primary N) is 1. The molecule has 0 spiro atoms. The molecule has 1 aromatic heterocycles. The van der Waals surface area contributed by atoms with Crippen molar-refractivity contribution < 1.29 is 23.1 Å². The molecule has 1 unspecified atom stereocenters. The molecule has 3 aromatic rings. The Hall–Kier alpha value is -3.35. The van der Waals surface area contributed by atoms with Crippen LogP contribution < -0.4 is 10.5 Å². The van der Waals surface area contributed by atoms with Crippen LogP contribution in [-0.2, 0) is 22.4 Å². The smallest absolute Gasteiger partial charge is 0.261 e. The average molecular weight is 410 g/mol. The molecule has 7 heteroatoms. The van der Waals surface area contributed by atoms with E-state index in [0.29, 0.717) is 11.3 Å². The highest BCUT2D eigenvalue weighted by Gasteiger charge is 2.27. The molecule has 1 aliphatic rings. The Bertz CT molecular complexity index is 1110. The van der Waals surface area contributed by atoms with E-state index in [-0.39, 0.29) is 6.61 Å². The molecule has 2 amide bonds. The largest absolute Gasteiger partial charge is 0.484 e. The summed E-state index contributed by atoms with van der Waals surface area (Å²) in [7, 11) is 1.45. The standard InChI is InChI=1S/C23H23FN2O4/c1-26(22(23(25)28)14-5-4-6-15(24)11-14)21(27)13-29-16-9-10-20-18(12-16)17-7-2-3-8-19(17)30-20/h4-6,9-12,22H,2-3,7-8,13H2,1H3,(H2,25,28). The van der Waals surface area contributed by atoms with E-state index < -0.39 is 23.7 Å². The number of carbonyl (C=O) groups excluding carboxylic acids is 2. The van der Waals surface area contributed by atoms with Crippen molar-refractivity contribution in [2.24, 2.45) is 5.73 Å². The normalized spacial score (nSPS) is 14.2. The lowest BCUT2D eigenvalue weighted by atomic mass is 9.96. The molecule has 1 atom stereocenters. The van der Waals surface area contributed by atoms with Crippen LogP contribution in [0.25, 0.3) is 11.0 Å². The number of benzene rings is 2. The summed E-state index contributed by atoms with van der Waals surface area (Å²) in [6.45, 7) is -0.277. The van der Waals surface area contributed by atoms with Crippen LogP contribution in [0.15, 0.2) is 46.9 Å². The van der Waals surface area contributed by atoms with Crippen LogP contribution in [-0.4, -0.2) is 30.4 Å².